The highest BCUT2D eigenvalue weighted by molar-refractivity contribution is 7.84. The quantitative estimate of drug-likeness (QED) is 0.682. The maximum Gasteiger partial charge on any atom is 0.0383 e. The van der Waals surface area contributed by atoms with Gasteiger partial charge >= 0.3 is 0 Å². The van der Waals surface area contributed by atoms with Gasteiger partial charge in [-0.15, -0.1) is 0 Å². The molecular weight excluding hydrogens is 206 g/mol. The molecule has 0 saturated carbocycles. The summed E-state index contributed by atoms with van der Waals surface area (Å²) in [5.41, 5.74) is 1.38. The van der Waals surface area contributed by atoms with E-state index < -0.39 is 10.8 Å². The summed E-state index contributed by atoms with van der Waals surface area (Å²) in [4.78, 5) is 0. The van der Waals surface area contributed by atoms with Crippen molar-refractivity contribution in [3.05, 3.63) is 11.6 Å². The number of nitrogens with one attached hydrogen (secondary N) is 1. The molecule has 0 aliphatic rings. The first-order valence-electron chi connectivity index (χ1n) is 5.61. The molecule has 0 aliphatic carbocycles. The molecule has 0 aromatic heterocycles. The molecule has 0 aromatic rings. The zero-order chi connectivity index (χ0) is 11.8. The molecular formula is C12H25NOS. The Morgan fingerprint density at radius 2 is 1.93 bits per heavy atom. The summed E-state index contributed by atoms with van der Waals surface area (Å²) >= 11 is 0. The van der Waals surface area contributed by atoms with E-state index in [1.165, 1.54) is 5.57 Å². The van der Waals surface area contributed by atoms with Gasteiger partial charge < -0.3 is 5.32 Å². The monoisotopic (exact) mass is 231 g/mol. The van der Waals surface area contributed by atoms with Gasteiger partial charge in [-0.1, -0.05) is 11.6 Å². The van der Waals surface area contributed by atoms with E-state index in [0.29, 0.717) is 12.1 Å². The molecule has 0 saturated heterocycles. The zero-order valence-corrected chi connectivity index (χ0v) is 11.5. The number of hydrogen-bond donors (Lipinski definition) is 1. The van der Waals surface area contributed by atoms with Gasteiger partial charge in [0.1, 0.15) is 0 Å². The van der Waals surface area contributed by atoms with Crippen LogP contribution in [0.25, 0.3) is 0 Å². The van der Waals surface area contributed by atoms with Crippen LogP contribution in [0, 0.1) is 0 Å². The maximum absolute atomic E-state index is 11.0. The fourth-order valence-corrected chi connectivity index (χ4v) is 2.39. The second-order valence-corrected chi connectivity index (χ2v) is 6.05. The van der Waals surface area contributed by atoms with Crippen LogP contribution in [-0.4, -0.2) is 28.3 Å². The van der Waals surface area contributed by atoms with E-state index in [1.54, 1.807) is 6.26 Å². The topological polar surface area (TPSA) is 29.1 Å². The lowest BCUT2D eigenvalue weighted by Crippen LogP contribution is -2.37. The van der Waals surface area contributed by atoms with Crippen LogP contribution in [0.3, 0.4) is 0 Å². The Kier molecular flexibility index (Phi) is 7.97. The standard InChI is InChI=1S/C12H25NOS/c1-10(2)7-6-8-11(3)13-12(4)9-15(5)14/h7,11-13H,6,8-9H2,1-5H3. The van der Waals surface area contributed by atoms with Crippen molar-refractivity contribution >= 4 is 10.8 Å². The highest BCUT2D eigenvalue weighted by atomic mass is 32.2. The number of allylic oxidation sites excluding steroid dienone is 2. The van der Waals surface area contributed by atoms with Gasteiger partial charge in [-0.05, 0) is 40.5 Å². The molecule has 15 heavy (non-hydrogen) atoms. The van der Waals surface area contributed by atoms with E-state index in [-0.39, 0.29) is 0 Å². The summed E-state index contributed by atoms with van der Waals surface area (Å²) < 4.78 is 11.0. The summed E-state index contributed by atoms with van der Waals surface area (Å²) in [7, 11) is -0.700. The van der Waals surface area contributed by atoms with Crippen molar-refractivity contribution in [2.45, 2.75) is 52.6 Å². The highest BCUT2D eigenvalue weighted by Crippen LogP contribution is 2.02. The second-order valence-electron chi connectivity index (χ2n) is 4.57. The van der Waals surface area contributed by atoms with Crippen LogP contribution in [0.15, 0.2) is 11.6 Å². The van der Waals surface area contributed by atoms with E-state index in [4.69, 9.17) is 0 Å². The van der Waals surface area contributed by atoms with Crippen molar-refractivity contribution in [1.82, 2.24) is 5.32 Å². The van der Waals surface area contributed by atoms with Crippen LogP contribution in [0.2, 0.25) is 0 Å². The molecule has 0 aliphatic heterocycles. The average Bonchev–Trinajstić information content (AvgIpc) is 2.00. The van der Waals surface area contributed by atoms with Crippen molar-refractivity contribution in [2.24, 2.45) is 0 Å². The van der Waals surface area contributed by atoms with E-state index in [2.05, 4.69) is 39.1 Å². The molecule has 90 valence electrons. The molecule has 0 fully saturated rings. The SMILES string of the molecule is CC(C)=CCCC(C)NC(C)CS(C)=O. The normalized spacial score (nSPS) is 16.9. The predicted octanol–water partition coefficient (Wildman–Crippen LogP) is 2.48. The van der Waals surface area contributed by atoms with Crippen molar-refractivity contribution in [2.75, 3.05) is 12.0 Å². The Labute approximate surface area is 97.0 Å². The van der Waals surface area contributed by atoms with Gasteiger partial charge in [0.15, 0.2) is 0 Å². The molecule has 0 spiro atoms. The summed E-state index contributed by atoms with van der Waals surface area (Å²) in [6, 6.07) is 0.844. The minimum Gasteiger partial charge on any atom is -0.311 e. The molecule has 1 N–H and O–H groups in total. The Hall–Kier alpha value is -0.150. The number of rotatable bonds is 7. The van der Waals surface area contributed by atoms with Gasteiger partial charge in [0.05, 0.1) is 0 Å². The lowest BCUT2D eigenvalue weighted by Gasteiger charge is -2.18. The van der Waals surface area contributed by atoms with Crippen LogP contribution in [0.4, 0.5) is 0 Å². The van der Waals surface area contributed by atoms with E-state index in [0.717, 1.165) is 18.6 Å². The lowest BCUT2D eigenvalue weighted by atomic mass is 10.1. The van der Waals surface area contributed by atoms with Crippen molar-refractivity contribution < 1.29 is 4.21 Å². The van der Waals surface area contributed by atoms with Crippen LogP contribution in [-0.2, 0) is 10.8 Å². The summed E-state index contributed by atoms with van der Waals surface area (Å²) in [6.07, 6.45) is 6.29. The van der Waals surface area contributed by atoms with Crippen molar-refractivity contribution in [3.8, 4) is 0 Å². The van der Waals surface area contributed by atoms with E-state index in [9.17, 15) is 4.21 Å². The van der Waals surface area contributed by atoms with E-state index >= 15 is 0 Å². The van der Waals surface area contributed by atoms with Crippen LogP contribution >= 0.6 is 0 Å². The lowest BCUT2D eigenvalue weighted by molar-refractivity contribution is 0.470. The average molecular weight is 231 g/mol. The van der Waals surface area contributed by atoms with Crippen molar-refractivity contribution in [3.63, 3.8) is 0 Å². The predicted molar refractivity (Wildman–Crippen MR) is 69.7 cm³/mol. The van der Waals surface area contributed by atoms with E-state index in [1.807, 2.05) is 0 Å². The molecule has 3 atom stereocenters. The van der Waals surface area contributed by atoms with Gasteiger partial charge in [0.2, 0.25) is 0 Å². The van der Waals surface area contributed by atoms with Gasteiger partial charge in [-0.2, -0.15) is 0 Å². The molecule has 3 heteroatoms. The molecule has 2 nitrogen and oxygen atoms in total. The Morgan fingerprint density at radius 1 is 1.33 bits per heavy atom. The first-order valence-corrected chi connectivity index (χ1v) is 7.34. The van der Waals surface area contributed by atoms with Crippen LogP contribution in [0.1, 0.15) is 40.5 Å². The van der Waals surface area contributed by atoms with Gasteiger partial charge in [-0.25, -0.2) is 0 Å². The summed E-state index contributed by atoms with van der Waals surface area (Å²) in [5.74, 6) is 0.743. The Balaban J connectivity index is 3.68. The molecule has 3 unspecified atom stereocenters. The molecule has 0 bridgehead atoms. The fraction of sp³-hybridized carbons (Fsp3) is 0.833. The van der Waals surface area contributed by atoms with Crippen LogP contribution < -0.4 is 5.32 Å². The first kappa shape index (κ1) is 14.8. The molecule has 0 radical (unpaired) electrons. The third-order valence-electron chi connectivity index (χ3n) is 2.21. The van der Waals surface area contributed by atoms with Crippen LogP contribution in [0.5, 0.6) is 0 Å². The zero-order valence-electron chi connectivity index (χ0n) is 10.7. The Bertz CT molecular complexity index is 222. The fourth-order valence-electron chi connectivity index (χ4n) is 1.59. The first-order chi connectivity index (χ1) is 6.91. The molecule has 0 aromatic carbocycles. The third-order valence-corrected chi connectivity index (χ3v) is 3.18. The molecule has 0 rings (SSSR count). The minimum absolute atomic E-state index is 0.345. The maximum atomic E-state index is 11.0. The summed E-state index contributed by atoms with van der Waals surface area (Å²) in [5, 5.41) is 3.46. The minimum atomic E-state index is -0.700. The van der Waals surface area contributed by atoms with Gasteiger partial charge in [-0.3, -0.25) is 4.21 Å². The third kappa shape index (κ3) is 10.1. The van der Waals surface area contributed by atoms with Gasteiger partial charge in [0.25, 0.3) is 0 Å². The second kappa shape index (κ2) is 8.05. The van der Waals surface area contributed by atoms with Crippen molar-refractivity contribution in [1.29, 1.82) is 0 Å². The highest BCUT2D eigenvalue weighted by Gasteiger charge is 2.07. The summed E-state index contributed by atoms with van der Waals surface area (Å²) in [6.45, 7) is 8.54. The smallest absolute Gasteiger partial charge is 0.0383 e. The molecule has 0 amide bonds. The van der Waals surface area contributed by atoms with Gasteiger partial charge in [0, 0.05) is 34.9 Å². The number of hydrogen-bond acceptors (Lipinski definition) is 2. The molecule has 0 heterocycles. The largest absolute Gasteiger partial charge is 0.311 e. The Morgan fingerprint density at radius 3 is 2.40 bits per heavy atom.